The number of thioether (sulfide) groups is 1. The fraction of sp³-hybridized carbons (Fsp3) is 0.235. The molecule has 0 saturated carbocycles. The molecule has 1 atom stereocenters. The zero-order valence-corrected chi connectivity index (χ0v) is 17.1. The molecule has 2 aliphatic heterocycles. The molecule has 0 aromatic heterocycles. The molecule has 0 unspecified atom stereocenters. The monoisotopic (exact) mass is 442 g/mol. The van der Waals surface area contributed by atoms with Crippen molar-refractivity contribution in [2.24, 2.45) is 0 Å². The molecular weight excluding hydrogens is 428 g/mol. The van der Waals surface area contributed by atoms with Crippen LogP contribution >= 0.6 is 35.6 Å². The van der Waals surface area contributed by atoms with Gasteiger partial charge in [0.1, 0.15) is 4.32 Å². The van der Waals surface area contributed by atoms with E-state index in [-0.39, 0.29) is 30.5 Å². The maximum absolute atomic E-state index is 12.5. The number of benzene rings is 1. The van der Waals surface area contributed by atoms with Gasteiger partial charge in [0.25, 0.3) is 5.91 Å². The van der Waals surface area contributed by atoms with E-state index in [0.29, 0.717) is 14.2 Å². The third-order valence-electron chi connectivity index (χ3n) is 3.86. The van der Waals surface area contributed by atoms with Crippen LogP contribution < -0.4 is 5.32 Å². The molecular formula is C17H15ClN2O4S3. The molecule has 2 heterocycles. The Hall–Kier alpha value is -1.68. The molecule has 2 amide bonds. The van der Waals surface area contributed by atoms with Crippen LogP contribution in [0.5, 0.6) is 0 Å². The third kappa shape index (κ3) is 5.19. The zero-order valence-electron chi connectivity index (χ0n) is 13.9. The van der Waals surface area contributed by atoms with Gasteiger partial charge in [0, 0.05) is 23.4 Å². The standard InChI is InChI=1S/C17H15ClN2O4S3/c18-12-3-1-2-11(8-12)9-14-16(22)20(17(25)26-14)6-4-15(21)19-13-5-7-27(23,24)10-13/h1-3,5,7-9,13H,4,6,10H2,(H,19,21)/b14-9+/t13-/m1/s1. The Morgan fingerprint density at radius 2 is 2.22 bits per heavy atom. The molecule has 0 aliphatic carbocycles. The number of carbonyl (C=O) groups excluding carboxylic acids is 2. The van der Waals surface area contributed by atoms with Crippen LogP contribution in [0.4, 0.5) is 0 Å². The number of halogens is 1. The van der Waals surface area contributed by atoms with Gasteiger partial charge in [-0.1, -0.05) is 47.7 Å². The van der Waals surface area contributed by atoms with E-state index in [1.807, 2.05) is 6.07 Å². The van der Waals surface area contributed by atoms with E-state index >= 15 is 0 Å². The Morgan fingerprint density at radius 3 is 2.89 bits per heavy atom. The molecule has 1 aromatic carbocycles. The van der Waals surface area contributed by atoms with E-state index < -0.39 is 15.9 Å². The van der Waals surface area contributed by atoms with Crippen LogP contribution in [0.25, 0.3) is 6.08 Å². The largest absolute Gasteiger partial charge is 0.349 e. The Bertz CT molecular complexity index is 972. The number of thiocarbonyl (C=S) groups is 1. The molecule has 0 spiro atoms. The predicted molar refractivity (Wildman–Crippen MR) is 111 cm³/mol. The summed E-state index contributed by atoms with van der Waals surface area (Å²) in [5.74, 6) is -0.738. The van der Waals surface area contributed by atoms with Gasteiger partial charge in [-0.25, -0.2) is 8.42 Å². The summed E-state index contributed by atoms with van der Waals surface area (Å²) >= 11 is 12.4. The number of nitrogens with one attached hydrogen (secondary N) is 1. The summed E-state index contributed by atoms with van der Waals surface area (Å²) < 4.78 is 23.1. The van der Waals surface area contributed by atoms with Gasteiger partial charge in [0.15, 0.2) is 9.84 Å². The summed E-state index contributed by atoms with van der Waals surface area (Å²) in [6.07, 6.45) is 3.18. The molecule has 1 saturated heterocycles. The van der Waals surface area contributed by atoms with Crippen LogP contribution in [-0.2, 0) is 19.4 Å². The molecule has 2 aliphatic rings. The minimum atomic E-state index is -3.23. The summed E-state index contributed by atoms with van der Waals surface area (Å²) in [4.78, 5) is 26.4. The highest BCUT2D eigenvalue weighted by molar-refractivity contribution is 8.26. The number of hydrogen-bond donors (Lipinski definition) is 1. The summed E-state index contributed by atoms with van der Waals surface area (Å²) in [5, 5.41) is 4.29. The Morgan fingerprint density at radius 1 is 1.44 bits per heavy atom. The van der Waals surface area contributed by atoms with Crippen molar-refractivity contribution in [1.29, 1.82) is 0 Å². The first kappa shape index (κ1) is 20.1. The molecule has 6 nitrogen and oxygen atoms in total. The van der Waals surface area contributed by atoms with E-state index in [0.717, 1.165) is 11.0 Å². The second-order valence-corrected chi connectivity index (χ2v) is 10.0. The van der Waals surface area contributed by atoms with E-state index in [9.17, 15) is 18.0 Å². The van der Waals surface area contributed by atoms with E-state index in [1.165, 1.54) is 22.7 Å². The fourth-order valence-electron chi connectivity index (χ4n) is 2.60. The minimum absolute atomic E-state index is 0.0290. The van der Waals surface area contributed by atoms with Crippen LogP contribution in [-0.4, -0.2) is 47.8 Å². The summed E-state index contributed by atoms with van der Waals surface area (Å²) in [5.41, 5.74) is 0.787. The molecule has 1 fully saturated rings. The van der Waals surface area contributed by atoms with Gasteiger partial charge in [-0.3, -0.25) is 14.5 Å². The molecule has 1 aromatic rings. The van der Waals surface area contributed by atoms with Gasteiger partial charge in [-0.2, -0.15) is 0 Å². The van der Waals surface area contributed by atoms with Gasteiger partial charge in [0.05, 0.1) is 16.7 Å². The summed E-state index contributed by atoms with van der Waals surface area (Å²) in [6.45, 7) is 0.132. The van der Waals surface area contributed by atoms with Crippen LogP contribution in [0.2, 0.25) is 5.02 Å². The SMILES string of the molecule is O=C(CCN1C(=O)/C(=C\c2cccc(Cl)c2)SC1=S)N[C@@H]1C=CS(=O)(=O)C1. The van der Waals surface area contributed by atoms with Gasteiger partial charge >= 0.3 is 0 Å². The molecule has 3 rings (SSSR count). The number of sulfone groups is 1. The van der Waals surface area contributed by atoms with Gasteiger partial charge in [-0.05, 0) is 29.8 Å². The molecule has 0 bridgehead atoms. The topological polar surface area (TPSA) is 83.6 Å². The maximum Gasteiger partial charge on any atom is 0.266 e. The lowest BCUT2D eigenvalue weighted by molar-refractivity contribution is -0.124. The zero-order chi connectivity index (χ0) is 19.6. The predicted octanol–water partition coefficient (Wildman–Crippen LogP) is 2.36. The van der Waals surface area contributed by atoms with Crippen molar-refractivity contribution in [3.63, 3.8) is 0 Å². The summed E-state index contributed by atoms with van der Waals surface area (Å²) in [7, 11) is -3.23. The Balaban J connectivity index is 1.58. The highest BCUT2D eigenvalue weighted by Gasteiger charge is 2.32. The average molecular weight is 443 g/mol. The number of nitrogens with zero attached hydrogens (tertiary/aromatic N) is 1. The first-order chi connectivity index (χ1) is 12.7. The maximum atomic E-state index is 12.5. The fourth-order valence-corrected chi connectivity index (χ4v) is 5.34. The van der Waals surface area contributed by atoms with Crippen molar-refractivity contribution in [3.8, 4) is 0 Å². The van der Waals surface area contributed by atoms with Crippen LogP contribution in [0, 0.1) is 0 Å². The first-order valence-electron chi connectivity index (χ1n) is 7.95. The van der Waals surface area contributed by atoms with Gasteiger partial charge in [0.2, 0.25) is 5.91 Å². The van der Waals surface area contributed by atoms with Gasteiger partial charge in [-0.15, -0.1) is 0 Å². The third-order valence-corrected chi connectivity index (χ3v) is 6.87. The minimum Gasteiger partial charge on any atom is -0.349 e. The number of rotatable bonds is 5. The molecule has 10 heteroatoms. The van der Waals surface area contributed by atoms with Crippen molar-refractivity contribution in [2.45, 2.75) is 12.5 Å². The Kier molecular flexibility index (Phi) is 6.05. The quantitative estimate of drug-likeness (QED) is 0.556. The lowest BCUT2D eigenvalue weighted by Gasteiger charge is -2.15. The highest BCUT2D eigenvalue weighted by atomic mass is 35.5. The first-order valence-corrected chi connectivity index (χ1v) is 11.3. The molecule has 142 valence electrons. The van der Waals surface area contributed by atoms with Crippen molar-refractivity contribution < 1.29 is 18.0 Å². The van der Waals surface area contributed by atoms with Crippen LogP contribution in [0.15, 0.2) is 40.7 Å². The van der Waals surface area contributed by atoms with Gasteiger partial charge < -0.3 is 5.32 Å². The number of amides is 2. The van der Waals surface area contributed by atoms with Crippen molar-refractivity contribution >= 4 is 67.6 Å². The Labute approximate surface area is 171 Å². The lowest BCUT2D eigenvalue weighted by atomic mass is 10.2. The molecule has 0 radical (unpaired) electrons. The average Bonchev–Trinajstić information content (AvgIpc) is 3.05. The molecule has 1 N–H and O–H groups in total. The van der Waals surface area contributed by atoms with Crippen LogP contribution in [0.3, 0.4) is 0 Å². The van der Waals surface area contributed by atoms with Crippen molar-refractivity contribution in [1.82, 2.24) is 10.2 Å². The van der Waals surface area contributed by atoms with E-state index in [4.69, 9.17) is 23.8 Å². The lowest BCUT2D eigenvalue weighted by Crippen LogP contribution is -2.38. The second-order valence-electron chi connectivity index (χ2n) is 5.97. The highest BCUT2D eigenvalue weighted by Crippen LogP contribution is 2.32. The number of carbonyl (C=O) groups is 2. The van der Waals surface area contributed by atoms with Crippen LogP contribution in [0.1, 0.15) is 12.0 Å². The van der Waals surface area contributed by atoms with Crippen molar-refractivity contribution in [2.75, 3.05) is 12.3 Å². The molecule has 27 heavy (non-hydrogen) atoms. The number of hydrogen-bond acceptors (Lipinski definition) is 6. The van der Waals surface area contributed by atoms with Crippen molar-refractivity contribution in [3.05, 3.63) is 51.2 Å². The smallest absolute Gasteiger partial charge is 0.266 e. The van der Waals surface area contributed by atoms with E-state index in [2.05, 4.69) is 5.32 Å². The normalized spacial score (nSPS) is 22.6. The second kappa shape index (κ2) is 8.14. The summed E-state index contributed by atoms with van der Waals surface area (Å²) in [6, 6.07) is 6.57. The van der Waals surface area contributed by atoms with E-state index in [1.54, 1.807) is 24.3 Å².